The van der Waals surface area contributed by atoms with Gasteiger partial charge in [-0.3, -0.25) is 0 Å². The van der Waals surface area contributed by atoms with Gasteiger partial charge in [-0.25, -0.2) is 0 Å². The molecule has 0 radical (unpaired) electrons. The number of rotatable bonds is 3. The first-order chi connectivity index (χ1) is 41.1. The molecular weight excluding hydrogens is 1030 g/mol. The largest absolute Gasteiger partial charge is 0.0842 e. The van der Waals surface area contributed by atoms with Gasteiger partial charge in [0.1, 0.15) is 0 Å². The van der Waals surface area contributed by atoms with Crippen molar-refractivity contribution in [1.29, 1.82) is 0 Å². The van der Waals surface area contributed by atoms with Crippen LogP contribution < -0.4 is 0 Å². The Bertz CT molecular complexity index is 4010. The van der Waals surface area contributed by atoms with Gasteiger partial charge in [-0.15, -0.1) is 0 Å². The number of benzene rings is 7. The lowest BCUT2D eigenvalue weighted by Crippen LogP contribution is -2.17. The summed E-state index contributed by atoms with van der Waals surface area (Å²) in [7, 11) is 0. The van der Waals surface area contributed by atoms with E-state index in [0.29, 0.717) is 0 Å². The van der Waals surface area contributed by atoms with E-state index >= 15 is 0 Å². The molecule has 0 fully saturated rings. The first-order valence-electron chi connectivity index (χ1n) is 32.1. The lowest BCUT2D eigenvalue weighted by atomic mass is 9.79. The third kappa shape index (κ3) is 11.8. The van der Waals surface area contributed by atoms with Gasteiger partial charge in [0.2, 0.25) is 0 Å². The third-order valence-electron chi connectivity index (χ3n) is 19.8. The second kappa shape index (κ2) is 24.2. The van der Waals surface area contributed by atoms with Crippen LogP contribution in [-0.4, -0.2) is 0 Å². The minimum atomic E-state index is -0.101. The van der Waals surface area contributed by atoms with Crippen LogP contribution >= 0.6 is 0 Å². The van der Waals surface area contributed by atoms with E-state index in [-0.39, 0.29) is 21.7 Å². The Labute approximate surface area is 518 Å². The van der Waals surface area contributed by atoms with Gasteiger partial charge in [-0.05, 0) is 235 Å². The van der Waals surface area contributed by atoms with Gasteiger partial charge in [0, 0.05) is 21.7 Å². The van der Waals surface area contributed by atoms with Crippen molar-refractivity contribution < 1.29 is 0 Å². The fourth-order valence-electron chi connectivity index (χ4n) is 14.3. The van der Waals surface area contributed by atoms with Gasteiger partial charge in [-0.2, -0.15) is 0 Å². The Morgan fingerprint density at radius 2 is 0.651 bits per heavy atom. The van der Waals surface area contributed by atoms with Crippen molar-refractivity contribution in [3.05, 3.63) is 283 Å². The van der Waals surface area contributed by atoms with Gasteiger partial charge in [0.05, 0.1) is 0 Å². The van der Waals surface area contributed by atoms with E-state index in [1.54, 1.807) is 0 Å². The highest BCUT2D eigenvalue weighted by Gasteiger charge is 2.43. The molecule has 0 heteroatoms. The second-order valence-corrected chi connectivity index (χ2v) is 27.8. The zero-order valence-corrected chi connectivity index (χ0v) is 54.3. The topological polar surface area (TPSA) is 0 Å². The molecule has 0 saturated carbocycles. The molecule has 8 aliphatic rings. The molecule has 0 bridgehead atoms. The molecule has 0 aliphatic heterocycles. The minimum Gasteiger partial charge on any atom is -0.0842 e. The highest BCUT2D eigenvalue weighted by Crippen LogP contribution is 2.58. The summed E-state index contributed by atoms with van der Waals surface area (Å²) in [5.74, 6) is 0. The van der Waals surface area contributed by atoms with E-state index in [4.69, 9.17) is 0 Å². The molecule has 7 aromatic rings. The molecule has 0 unspecified atom stereocenters. The van der Waals surface area contributed by atoms with Gasteiger partial charge in [-0.1, -0.05) is 265 Å². The maximum Gasteiger partial charge on any atom is 0.0159 e. The maximum absolute atomic E-state index is 2.53. The lowest BCUT2D eigenvalue weighted by Gasteiger charge is -2.24. The van der Waals surface area contributed by atoms with Crippen LogP contribution in [0.3, 0.4) is 0 Å². The van der Waals surface area contributed by atoms with Crippen LogP contribution in [0, 0.1) is 13.8 Å². The fourth-order valence-corrected chi connectivity index (χ4v) is 14.3. The highest BCUT2D eigenvalue weighted by atomic mass is 14.5. The van der Waals surface area contributed by atoms with Crippen molar-refractivity contribution in [2.45, 2.75) is 170 Å². The van der Waals surface area contributed by atoms with E-state index in [9.17, 15) is 0 Å². The Morgan fingerprint density at radius 1 is 0.302 bits per heavy atom. The zero-order valence-electron chi connectivity index (χ0n) is 54.3. The SMILES string of the molecule is CC1=CC=CCC1.CC1=CC=CCC1.CC1=CCCC=C1.CC1=CCCC=C1.Cc1ccc(-c2ccc3c(c2)C(C)(C)c2cc4c(cc2-3)C(C)(C)c2cc(/C=C/c3ccc5c(c3)C(C)(C)c3cc6c(cc3-5)C(C)(C)c3cc(C)ccc3-6)ccc2-4)cc1. The summed E-state index contributed by atoms with van der Waals surface area (Å²) in [6.45, 7) is 32.2. The van der Waals surface area contributed by atoms with Gasteiger partial charge >= 0.3 is 0 Å². The van der Waals surface area contributed by atoms with Crippen molar-refractivity contribution >= 4 is 12.2 Å². The van der Waals surface area contributed by atoms with Crippen LogP contribution in [0.5, 0.6) is 0 Å². The van der Waals surface area contributed by atoms with Gasteiger partial charge < -0.3 is 0 Å². The summed E-state index contributed by atoms with van der Waals surface area (Å²) < 4.78 is 0. The molecule has 0 nitrogen and oxygen atoms in total. The van der Waals surface area contributed by atoms with Crippen LogP contribution in [0.1, 0.15) is 201 Å². The van der Waals surface area contributed by atoms with Crippen LogP contribution in [0.15, 0.2) is 217 Å². The first-order valence-corrected chi connectivity index (χ1v) is 32.1. The third-order valence-corrected chi connectivity index (χ3v) is 19.8. The zero-order chi connectivity index (χ0) is 60.7. The van der Waals surface area contributed by atoms with Crippen LogP contribution in [0.25, 0.3) is 67.8 Å². The molecule has 0 aromatic heterocycles. The molecule has 7 aromatic carbocycles. The first kappa shape index (κ1) is 59.9. The molecule has 15 rings (SSSR count). The highest BCUT2D eigenvalue weighted by molar-refractivity contribution is 5.93. The summed E-state index contributed by atoms with van der Waals surface area (Å²) in [4.78, 5) is 0. The van der Waals surface area contributed by atoms with Crippen molar-refractivity contribution in [2.75, 3.05) is 0 Å². The van der Waals surface area contributed by atoms with E-state index in [1.807, 2.05) is 0 Å². The van der Waals surface area contributed by atoms with E-state index in [2.05, 4.69) is 303 Å². The Morgan fingerprint density at radius 3 is 0.988 bits per heavy atom. The van der Waals surface area contributed by atoms with Crippen LogP contribution in [0.2, 0.25) is 0 Å². The van der Waals surface area contributed by atoms with Crippen molar-refractivity contribution in [3.63, 3.8) is 0 Å². The minimum absolute atomic E-state index is 0.0121. The number of fused-ring (bicyclic) bond motifs is 12. The van der Waals surface area contributed by atoms with Crippen LogP contribution in [0.4, 0.5) is 0 Å². The average Bonchev–Trinajstić information content (AvgIpc) is 1.59. The van der Waals surface area contributed by atoms with E-state index in [0.717, 1.165) is 0 Å². The van der Waals surface area contributed by atoms with Crippen molar-refractivity contribution in [2.24, 2.45) is 0 Å². The molecular formula is C86H92. The molecule has 8 aliphatic carbocycles. The van der Waals surface area contributed by atoms with E-state index < -0.39 is 0 Å². The van der Waals surface area contributed by atoms with Gasteiger partial charge in [0.15, 0.2) is 0 Å². The molecule has 0 saturated heterocycles. The predicted molar refractivity (Wildman–Crippen MR) is 376 cm³/mol. The summed E-state index contributed by atoms with van der Waals surface area (Å²) in [6, 6.07) is 47.4. The van der Waals surface area contributed by atoms with Crippen molar-refractivity contribution in [3.8, 4) is 55.6 Å². The number of aryl methyl sites for hydroxylation is 2. The Balaban J connectivity index is 0.000000223. The normalized spacial score (nSPS) is 17.9. The number of hydrogen-bond acceptors (Lipinski definition) is 0. The lowest BCUT2D eigenvalue weighted by molar-refractivity contribution is 0.651. The second-order valence-electron chi connectivity index (χ2n) is 27.8. The predicted octanol–water partition coefficient (Wildman–Crippen LogP) is 24.5. The number of hydrogen-bond donors (Lipinski definition) is 0. The Kier molecular flexibility index (Phi) is 16.8. The molecule has 436 valence electrons. The smallest absolute Gasteiger partial charge is 0.0159 e. The average molecular weight is 1130 g/mol. The molecule has 0 spiro atoms. The fraction of sp³-hybridized carbons (Fsp3) is 0.302. The van der Waals surface area contributed by atoms with E-state index in [1.165, 1.54) is 196 Å². The molecule has 86 heavy (non-hydrogen) atoms. The summed E-state index contributed by atoms with van der Waals surface area (Å²) in [5.41, 5.74) is 35.8. The molecule has 0 atom stereocenters. The molecule has 0 amide bonds. The summed E-state index contributed by atoms with van der Waals surface area (Å²) in [5, 5.41) is 0. The molecule has 0 heterocycles. The summed E-state index contributed by atoms with van der Waals surface area (Å²) in [6.07, 6.45) is 40.9. The van der Waals surface area contributed by atoms with Crippen molar-refractivity contribution in [1.82, 2.24) is 0 Å². The van der Waals surface area contributed by atoms with Crippen LogP contribution in [-0.2, 0) is 21.7 Å². The summed E-state index contributed by atoms with van der Waals surface area (Å²) >= 11 is 0. The quantitative estimate of drug-likeness (QED) is 0.155. The molecule has 0 N–H and O–H groups in total. The monoisotopic (exact) mass is 1120 g/mol. The number of allylic oxidation sites excluding steroid dienone is 16. The Hall–Kier alpha value is -7.80. The van der Waals surface area contributed by atoms with Gasteiger partial charge in [0.25, 0.3) is 0 Å². The standard InChI is InChI=1S/C58H52.4C7H10/c1-33-11-18-37(19-12-33)38-20-24-42-46-32-53-45(31-54(46)58(9,10)50(42)28-38)41-23-17-36(27-49(41)57(53,7)8)15-14-35-16-22-40-44-30-51-43(29-52(44)56(5,6)48(40)26-35)39-21-13-34(2)25-47(39)55(51,3)4;4*1-7-5-3-2-4-6-7/h11-32H,1-10H3;2*3,5-6H,2,4H2,1H3;2*2-3,5H,4,6H2,1H3/b15-14+;;;;. The maximum atomic E-state index is 2.53.